The molecule has 2 aromatic rings. The van der Waals surface area contributed by atoms with Crippen LogP contribution in [0.1, 0.15) is 10.4 Å². The molecule has 0 radical (unpaired) electrons. The Kier molecular flexibility index (Phi) is 3.60. The lowest BCUT2D eigenvalue weighted by molar-refractivity contribution is -0.384. The molecular formula is C13H11N3O4. The van der Waals surface area contributed by atoms with E-state index in [2.05, 4.69) is 5.32 Å². The second-order valence-electron chi connectivity index (χ2n) is 4.13. The molecule has 0 aliphatic carbocycles. The van der Waals surface area contributed by atoms with Crippen molar-refractivity contribution in [3.8, 4) is 0 Å². The van der Waals surface area contributed by atoms with E-state index in [4.69, 9.17) is 0 Å². The van der Waals surface area contributed by atoms with Gasteiger partial charge >= 0.3 is 0 Å². The number of hydrogen-bond acceptors (Lipinski definition) is 4. The van der Waals surface area contributed by atoms with Gasteiger partial charge in [0, 0.05) is 42.7 Å². The Morgan fingerprint density at radius 1 is 1.30 bits per heavy atom. The summed E-state index contributed by atoms with van der Waals surface area (Å²) in [6.45, 7) is 0. The van der Waals surface area contributed by atoms with E-state index in [1.807, 2.05) is 0 Å². The number of nitro groups is 1. The number of nitrogens with zero attached hydrogens (tertiary/aromatic N) is 2. The van der Waals surface area contributed by atoms with Gasteiger partial charge in [0.05, 0.1) is 4.92 Å². The first-order chi connectivity index (χ1) is 9.47. The number of anilines is 1. The van der Waals surface area contributed by atoms with E-state index in [0.29, 0.717) is 5.69 Å². The van der Waals surface area contributed by atoms with Gasteiger partial charge in [-0.3, -0.25) is 19.7 Å². The van der Waals surface area contributed by atoms with Crippen LogP contribution in [0.2, 0.25) is 0 Å². The summed E-state index contributed by atoms with van der Waals surface area (Å²) in [5, 5.41) is 13.1. The fraction of sp³-hybridized carbons (Fsp3) is 0.0769. The minimum Gasteiger partial charge on any atom is -0.322 e. The molecule has 7 nitrogen and oxygen atoms in total. The summed E-state index contributed by atoms with van der Waals surface area (Å²) in [6, 6.07) is 8.28. The van der Waals surface area contributed by atoms with Gasteiger partial charge in [-0.25, -0.2) is 0 Å². The van der Waals surface area contributed by atoms with Crippen LogP contribution in [0.3, 0.4) is 0 Å². The number of pyridine rings is 1. The summed E-state index contributed by atoms with van der Waals surface area (Å²) < 4.78 is 1.34. The van der Waals surface area contributed by atoms with Crippen LogP contribution in [-0.4, -0.2) is 15.4 Å². The van der Waals surface area contributed by atoms with Crippen molar-refractivity contribution in [3.63, 3.8) is 0 Å². The smallest absolute Gasteiger partial charge is 0.271 e. The van der Waals surface area contributed by atoms with Crippen LogP contribution >= 0.6 is 0 Å². The van der Waals surface area contributed by atoms with Gasteiger partial charge in [0.1, 0.15) is 0 Å². The fourth-order valence-corrected chi connectivity index (χ4v) is 1.59. The molecule has 0 bridgehead atoms. The molecule has 1 N–H and O–H groups in total. The fourth-order valence-electron chi connectivity index (χ4n) is 1.59. The van der Waals surface area contributed by atoms with E-state index >= 15 is 0 Å². The van der Waals surface area contributed by atoms with Crippen LogP contribution in [-0.2, 0) is 7.05 Å². The Morgan fingerprint density at radius 3 is 2.70 bits per heavy atom. The average molecular weight is 273 g/mol. The lowest BCUT2D eigenvalue weighted by Gasteiger charge is -2.05. The van der Waals surface area contributed by atoms with Gasteiger partial charge in [0.15, 0.2) is 0 Å². The first kappa shape index (κ1) is 13.5. The predicted octanol–water partition coefficient (Wildman–Crippen LogP) is 1.55. The molecule has 0 spiro atoms. The highest BCUT2D eigenvalue weighted by molar-refractivity contribution is 6.04. The van der Waals surface area contributed by atoms with Crippen molar-refractivity contribution in [3.05, 3.63) is 68.6 Å². The lowest BCUT2D eigenvalue weighted by Crippen LogP contribution is -2.19. The third-order valence-corrected chi connectivity index (χ3v) is 2.68. The molecule has 0 fully saturated rings. The highest BCUT2D eigenvalue weighted by atomic mass is 16.6. The van der Waals surface area contributed by atoms with Crippen molar-refractivity contribution >= 4 is 17.3 Å². The Morgan fingerprint density at radius 2 is 2.05 bits per heavy atom. The Hall–Kier alpha value is -2.96. The zero-order chi connectivity index (χ0) is 14.7. The summed E-state index contributed by atoms with van der Waals surface area (Å²) in [7, 11) is 1.57. The summed E-state index contributed by atoms with van der Waals surface area (Å²) in [5.41, 5.74) is 0.0629. The van der Waals surface area contributed by atoms with Crippen molar-refractivity contribution in [2.75, 3.05) is 5.32 Å². The van der Waals surface area contributed by atoms with Gasteiger partial charge in [-0.2, -0.15) is 0 Å². The molecule has 20 heavy (non-hydrogen) atoms. The number of aryl methyl sites for hydroxylation is 1. The van der Waals surface area contributed by atoms with Crippen molar-refractivity contribution in [1.82, 2.24) is 4.57 Å². The molecule has 0 aliphatic rings. The van der Waals surface area contributed by atoms with E-state index in [0.717, 1.165) is 0 Å². The zero-order valence-electron chi connectivity index (χ0n) is 10.6. The number of hydrogen-bond donors (Lipinski definition) is 1. The maximum absolute atomic E-state index is 11.9. The van der Waals surface area contributed by atoms with Crippen molar-refractivity contribution in [2.24, 2.45) is 7.05 Å². The number of nitrogens with one attached hydrogen (secondary N) is 1. The number of carbonyl (C=O) groups is 1. The number of amides is 1. The zero-order valence-corrected chi connectivity index (χ0v) is 10.6. The SMILES string of the molecule is Cn1ccc(C(=O)Nc2cccc([N+](=O)[O-])c2)cc1=O. The molecule has 1 amide bonds. The molecule has 7 heteroatoms. The van der Waals surface area contributed by atoms with Gasteiger partial charge in [-0.15, -0.1) is 0 Å². The number of aromatic nitrogens is 1. The minimum absolute atomic E-state index is 0.119. The third kappa shape index (κ3) is 2.89. The van der Waals surface area contributed by atoms with Gasteiger partial charge in [-0.05, 0) is 12.1 Å². The second kappa shape index (κ2) is 5.35. The first-order valence-electron chi connectivity index (χ1n) is 5.70. The standard InChI is InChI=1S/C13H11N3O4/c1-15-6-5-9(7-12(15)17)13(18)14-10-3-2-4-11(8-10)16(19)20/h2-8H,1H3,(H,14,18). The van der Waals surface area contributed by atoms with Crippen molar-refractivity contribution in [2.45, 2.75) is 0 Å². The molecule has 1 heterocycles. The summed E-state index contributed by atoms with van der Waals surface area (Å²) in [4.78, 5) is 33.5. The molecule has 2 rings (SSSR count). The molecule has 0 unspecified atom stereocenters. The molecule has 1 aromatic heterocycles. The van der Waals surface area contributed by atoms with Crippen LogP contribution in [0.25, 0.3) is 0 Å². The highest BCUT2D eigenvalue weighted by Crippen LogP contribution is 2.17. The number of non-ortho nitro benzene ring substituents is 1. The lowest BCUT2D eigenvalue weighted by atomic mass is 10.2. The first-order valence-corrected chi connectivity index (χ1v) is 5.70. The van der Waals surface area contributed by atoms with Gasteiger partial charge in [0.2, 0.25) is 0 Å². The van der Waals surface area contributed by atoms with Gasteiger partial charge < -0.3 is 9.88 Å². The second-order valence-corrected chi connectivity index (χ2v) is 4.13. The predicted molar refractivity (Wildman–Crippen MR) is 72.7 cm³/mol. The molecular weight excluding hydrogens is 262 g/mol. The average Bonchev–Trinajstić information content (AvgIpc) is 2.42. The normalized spacial score (nSPS) is 10.1. The van der Waals surface area contributed by atoms with Crippen LogP contribution in [0, 0.1) is 10.1 Å². The number of benzene rings is 1. The van der Waals surface area contributed by atoms with Crippen LogP contribution in [0.5, 0.6) is 0 Å². The molecule has 0 saturated heterocycles. The maximum Gasteiger partial charge on any atom is 0.271 e. The quantitative estimate of drug-likeness (QED) is 0.678. The largest absolute Gasteiger partial charge is 0.322 e. The van der Waals surface area contributed by atoms with E-state index in [-0.39, 0.29) is 16.8 Å². The van der Waals surface area contributed by atoms with Crippen LogP contribution < -0.4 is 10.9 Å². The Bertz CT molecular complexity index is 736. The monoisotopic (exact) mass is 273 g/mol. The molecule has 0 aliphatic heterocycles. The van der Waals surface area contributed by atoms with Crippen molar-refractivity contribution < 1.29 is 9.72 Å². The number of nitro benzene ring substituents is 1. The molecule has 0 saturated carbocycles. The van der Waals surface area contributed by atoms with Crippen LogP contribution in [0.15, 0.2) is 47.4 Å². The van der Waals surface area contributed by atoms with E-state index < -0.39 is 10.8 Å². The highest BCUT2D eigenvalue weighted by Gasteiger charge is 2.10. The molecule has 0 atom stereocenters. The maximum atomic E-state index is 11.9. The van der Waals surface area contributed by atoms with E-state index in [9.17, 15) is 19.7 Å². The topological polar surface area (TPSA) is 94.2 Å². The number of carbonyl (C=O) groups excluding carboxylic acids is 1. The number of rotatable bonds is 3. The summed E-state index contributed by atoms with van der Waals surface area (Å²) in [5.74, 6) is -0.497. The third-order valence-electron chi connectivity index (χ3n) is 2.68. The summed E-state index contributed by atoms with van der Waals surface area (Å²) >= 11 is 0. The van der Waals surface area contributed by atoms with E-state index in [1.165, 1.54) is 47.2 Å². The van der Waals surface area contributed by atoms with Crippen molar-refractivity contribution in [1.29, 1.82) is 0 Å². The van der Waals surface area contributed by atoms with E-state index in [1.54, 1.807) is 7.05 Å². The van der Waals surface area contributed by atoms with Crippen LogP contribution in [0.4, 0.5) is 11.4 Å². The van der Waals surface area contributed by atoms with Gasteiger partial charge in [0.25, 0.3) is 17.2 Å². The molecule has 102 valence electrons. The minimum atomic E-state index is -0.548. The summed E-state index contributed by atoms with van der Waals surface area (Å²) in [6.07, 6.45) is 1.48. The Balaban J connectivity index is 2.23. The molecule has 1 aromatic carbocycles. The Labute approximate surface area is 113 Å². The van der Waals surface area contributed by atoms with Gasteiger partial charge in [-0.1, -0.05) is 6.07 Å².